The van der Waals surface area contributed by atoms with E-state index in [1.807, 2.05) is 0 Å². The van der Waals surface area contributed by atoms with Crippen LogP contribution in [0.2, 0.25) is 0 Å². The van der Waals surface area contributed by atoms with Crippen LogP contribution in [0.25, 0.3) is 0 Å². The summed E-state index contributed by atoms with van der Waals surface area (Å²) in [6.07, 6.45) is 30.2. The maximum Gasteiger partial charge on any atom is 0.324 e. The molecular formula is C33H61O5P. The molecule has 1 aliphatic rings. The third-order valence-corrected chi connectivity index (χ3v) is 7.64. The number of carbonyl (C=O) groups is 2. The fourth-order valence-electron chi connectivity index (χ4n) is 5.31. The Labute approximate surface area is 242 Å². The van der Waals surface area contributed by atoms with Gasteiger partial charge in [0.1, 0.15) is 0 Å². The Morgan fingerprint density at radius 1 is 0.487 bits per heavy atom. The van der Waals surface area contributed by atoms with Gasteiger partial charge < -0.3 is 14.7 Å². The number of Topliss-reactive ketones (excluding diaryl/α,β-unsaturated/α-hetero) is 1. The van der Waals surface area contributed by atoms with Crippen molar-refractivity contribution < 1.29 is 24.3 Å². The predicted molar refractivity (Wildman–Crippen MR) is 167 cm³/mol. The lowest BCUT2D eigenvalue weighted by Crippen LogP contribution is -2.20. The normalized spacial score (nSPS) is 13.7. The van der Waals surface area contributed by atoms with E-state index in [2.05, 4.69) is 20.8 Å². The summed E-state index contributed by atoms with van der Waals surface area (Å²) in [7, 11) is -2.62. The van der Waals surface area contributed by atoms with E-state index in [1.54, 1.807) is 6.08 Å². The Balaban J connectivity index is 0.00000336. The molecule has 0 aliphatic heterocycles. The molecule has 0 amide bonds. The van der Waals surface area contributed by atoms with Gasteiger partial charge in [-0.2, -0.15) is 0 Å². The van der Waals surface area contributed by atoms with Gasteiger partial charge in [0.25, 0.3) is 0 Å². The molecule has 0 atom stereocenters. The minimum Gasteiger partial charge on any atom is -0.328 e. The van der Waals surface area contributed by atoms with E-state index in [9.17, 15) is 9.59 Å². The van der Waals surface area contributed by atoms with Crippen molar-refractivity contribution >= 4 is 20.2 Å². The van der Waals surface area contributed by atoms with Crippen molar-refractivity contribution in [1.82, 2.24) is 0 Å². The molecule has 3 N–H and O–H groups in total. The molecule has 0 aromatic heterocycles. The van der Waals surface area contributed by atoms with Gasteiger partial charge in [0, 0.05) is 16.7 Å². The number of hydrogen-bond donors (Lipinski definition) is 3. The van der Waals surface area contributed by atoms with E-state index in [1.165, 1.54) is 116 Å². The Morgan fingerprint density at radius 3 is 1.18 bits per heavy atom. The lowest BCUT2D eigenvalue weighted by molar-refractivity contribution is -0.116. The van der Waals surface area contributed by atoms with Crippen LogP contribution in [0.5, 0.6) is 0 Å². The molecule has 0 saturated heterocycles. The molecule has 0 aromatic carbocycles. The Hall–Kier alpha value is -0.870. The zero-order valence-electron chi connectivity index (χ0n) is 25.7. The van der Waals surface area contributed by atoms with E-state index in [0.29, 0.717) is 0 Å². The molecule has 0 aromatic rings. The number of carbonyl (C=O) groups excluding carboxylic acids is 2. The molecule has 1 aliphatic carbocycles. The van der Waals surface area contributed by atoms with Gasteiger partial charge in [0.2, 0.25) is 0 Å². The van der Waals surface area contributed by atoms with E-state index >= 15 is 0 Å². The molecule has 228 valence electrons. The molecule has 39 heavy (non-hydrogen) atoms. The summed E-state index contributed by atoms with van der Waals surface area (Å²) in [5, 5.41) is 0. The van der Waals surface area contributed by atoms with Crippen molar-refractivity contribution in [3.05, 3.63) is 22.8 Å². The van der Waals surface area contributed by atoms with Crippen LogP contribution in [0.1, 0.15) is 175 Å². The summed E-state index contributed by atoms with van der Waals surface area (Å²) in [6.45, 7) is 6.75. The Kier molecular flexibility index (Phi) is 26.7. The summed E-state index contributed by atoms with van der Waals surface area (Å²) >= 11 is 0. The SMILES string of the molecule is CCCCCCCCCC1=CC(=O)C(CCCCCCCCC)=C(CCCCCCCCC)C1=O.OP(O)O. The molecule has 0 fully saturated rings. The fraction of sp³-hybridized carbons (Fsp3) is 0.818. The van der Waals surface area contributed by atoms with Gasteiger partial charge in [0.15, 0.2) is 11.6 Å². The standard InChI is InChI=1S/C33H58O2.H3O3P/c1-4-7-10-13-16-19-22-25-29-28-32(34)30(26-23-20-17-14-11-8-5-2)31(33(29)35)27-24-21-18-15-12-9-6-3;1-4(2)3/h28H,4-27H2,1-3H3;1-3H. The topological polar surface area (TPSA) is 94.8 Å². The van der Waals surface area contributed by atoms with Crippen LogP contribution in [-0.2, 0) is 9.59 Å². The van der Waals surface area contributed by atoms with Crippen molar-refractivity contribution in [2.45, 2.75) is 175 Å². The van der Waals surface area contributed by atoms with Gasteiger partial charge in [-0.3, -0.25) is 9.59 Å². The highest BCUT2D eigenvalue weighted by molar-refractivity contribution is 7.38. The molecule has 6 heteroatoms. The first-order valence-corrected chi connectivity index (χ1v) is 17.5. The molecule has 0 radical (unpaired) electrons. The third kappa shape index (κ3) is 21.5. The fourth-order valence-corrected chi connectivity index (χ4v) is 5.31. The summed E-state index contributed by atoms with van der Waals surface area (Å²) in [5.74, 6) is 0.353. The van der Waals surface area contributed by atoms with Gasteiger partial charge in [-0.05, 0) is 44.6 Å². The number of rotatable bonds is 24. The highest BCUT2D eigenvalue weighted by Gasteiger charge is 2.27. The van der Waals surface area contributed by atoms with Gasteiger partial charge in [-0.25, -0.2) is 0 Å². The van der Waals surface area contributed by atoms with E-state index in [-0.39, 0.29) is 11.6 Å². The third-order valence-electron chi connectivity index (χ3n) is 7.64. The molecule has 1 rings (SSSR count). The minimum absolute atomic E-state index is 0.145. The maximum absolute atomic E-state index is 13.4. The Morgan fingerprint density at radius 2 is 0.795 bits per heavy atom. The summed E-state index contributed by atoms with van der Waals surface area (Å²) in [5.41, 5.74) is 2.54. The molecule has 0 heterocycles. The van der Waals surface area contributed by atoms with Crippen molar-refractivity contribution in [1.29, 1.82) is 0 Å². The minimum atomic E-state index is -2.62. The zero-order chi connectivity index (χ0) is 29.1. The number of hydrogen-bond acceptors (Lipinski definition) is 5. The first-order valence-electron chi connectivity index (χ1n) is 16.3. The zero-order valence-corrected chi connectivity index (χ0v) is 26.5. The average Bonchev–Trinajstić information content (AvgIpc) is 2.90. The van der Waals surface area contributed by atoms with Crippen LogP contribution >= 0.6 is 8.60 Å². The largest absolute Gasteiger partial charge is 0.328 e. The number of ketones is 2. The van der Waals surface area contributed by atoms with Crippen LogP contribution < -0.4 is 0 Å². The molecular weight excluding hydrogens is 507 g/mol. The second-order valence-corrected chi connectivity index (χ2v) is 11.7. The van der Waals surface area contributed by atoms with Crippen LogP contribution in [-0.4, -0.2) is 26.2 Å². The molecule has 0 spiro atoms. The summed E-state index contributed by atoms with van der Waals surface area (Å²) in [4.78, 5) is 48.2. The summed E-state index contributed by atoms with van der Waals surface area (Å²) in [6, 6.07) is 0. The van der Waals surface area contributed by atoms with Gasteiger partial charge >= 0.3 is 8.60 Å². The number of unbranched alkanes of at least 4 members (excludes halogenated alkanes) is 18. The number of allylic oxidation sites excluding steroid dienone is 4. The lowest BCUT2D eigenvalue weighted by Gasteiger charge is -2.20. The van der Waals surface area contributed by atoms with E-state index < -0.39 is 8.60 Å². The molecule has 0 unspecified atom stereocenters. The van der Waals surface area contributed by atoms with Gasteiger partial charge in [-0.1, -0.05) is 136 Å². The van der Waals surface area contributed by atoms with Crippen LogP contribution in [0.3, 0.4) is 0 Å². The Bertz CT molecular complexity index is 681. The lowest BCUT2D eigenvalue weighted by atomic mass is 9.82. The predicted octanol–water partition coefficient (Wildman–Crippen LogP) is 9.97. The molecule has 5 nitrogen and oxygen atoms in total. The second kappa shape index (κ2) is 27.3. The van der Waals surface area contributed by atoms with Crippen molar-refractivity contribution in [3.63, 3.8) is 0 Å². The monoisotopic (exact) mass is 568 g/mol. The smallest absolute Gasteiger partial charge is 0.324 e. The molecule has 0 saturated carbocycles. The van der Waals surface area contributed by atoms with Gasteiger partial charge in [-0.15, -0.1) is 0 Å². The summed E-state index contributed by atoms with van der Waals surface area (Å²) < 4.78 is 0. The van der Waals surface area contributed by atoms with E-state index in [0.717, 1.165) is 55.2 Å². The quantitative estimate of drug-likeness (QED) is 0.0612. The first-order chi connectivity index (χ1) is 18.9. The van der Waals surface area contributed by atoms with Crippen LogP contribution in [0, 0.1) is 0 Å². The van der Waals surface area contributed by atoms with Gasteiger partial charge in [0.05, 0.1) is 0 Å². The molecule has 0 bridgehead atoms. The van der Waals surface area contributed by atoms with Crippen molar-refractivity contribution in [2.75, 3.05) is 0 Å². The second-order valence-electron chi connectivity index (χ2n) is 11.2. The average molecular weight is 569 g/mol. The van der Waals surface area contributed by atoms with Crippen LogP contribution in [0.15, 0.2) is 22.8 Å². The van der Waals surface area contributed by atoms with Crippen molar-refractivity contribution in [3.8, 4) is 0 Å². The van der Waals surface area contributed by atoms with E-state index in [4.69, 9.17) is 14.7 Å². The highest BCUT2D eigenvalue weighted by atomic mass is 31.2. The first kappa shape index (κ1) is 38.1. The highest BCUT2D eigenvalue weighted by Crippen LogP contribution is 2.30. The van der Waals surface area contributed by atoms with Crippen molar-refractivity contribution in [2.24, 2.45) is 0 Å². The maximum atomic E-state index is 13.4. The van der Waals surface area contributed by atoms with Crippen LogP contribution in [0.4, 0.5) is 0 Å².